The first kappa shape index (κ1) is 13.6. The Morgan fingerprint density at radius 1 is 1.10 bits per heavy atom. The van der Waals surface area contributed by atoms with Crippen LogP contribution >= 0.6 is 12.2 Å². The van der Waals surface area contributed by atoms with Gasteiger partial charge in [-0.15, -0.1) is 0 Å². The molecule has 4 nitrogen and oxygen atoms in total. The van der Waals surface area contributed by atoms with Crippen molar-refractivity contribution in [2.45, 2.75) is 13.0 Å². The van der Waals surface area contributed by atoms with Crippen molar-refractivity contribution in [3.63, 3.8) is 0 Å². The van der Waals surface area contributed by atoms with Crippen LogP contribution in [-0.4, -0.2) is 15.1 Å². The van der Waals surface area contributed by atoms with Crippen LogP contribution in [0.25, 0.3) is 11.0 Å². The molecule has 1 unspecified atom stereocenters. The number of imidazole rings is 1. The summed E-state index contributed by atoms with van der Waals surface area (Å²) in [6.45, 7) is 2.02. The molecule has 0 spiro atoms. The number of anilines is 1. The van der Waals surface area contributed by atoms with Gasteiger partial charge in [0.1, 0.15) is 5.82 Å². The fourth-order valence-corrected chi connectivity index (χ4v) is 2.43. The third kappa shape index (κ3) is 3.20. The number of hydrogen-bond donors (Lipinski definition) is 3. The Morgan fingerprint density at radius 3 is 2.57 bits per heavy atom. The molecule has 1 heterocycles. The minimum absolute atomic E-state index is 0.00103. The lowest BCUT2D eigenvalue weighted by molar-refractivity contribution is 0.680. The van der Waals surface area contributed by atoms with E-state index < -0.39 is 0 Å². The van der Waals surface area contributed by atoms with Crippen molar-refractivity contribution in [1.82, 2.24) is 15.3 Å². The zero-order valence-electron chi connectivity index (χ0n) is 11.6. The molecule has 0 aliphatic heterocycles. The Hall–Kier alpha value is -2.40. The SMILES string of the molecule is CC(NC(=S)Nc1ccccc1)c1nc2ccccc2[nH]1. The molecule has 0 radical (unpaired) electrons. The van der Waals surface area contributed by atoms with Gasteiger partial charge >= 0.3 is 0 Å². The average molecular weight is 296 g/mol. The summed E-state index contributed by atoms with van der Waals surface area (Å²) in [6.07, 6.45) is 0. The average Bonchev–Trinajstić information content (AvgIpc) is 2.92. The molecular weight excluding hydrogens is 280 g/mol. The topological polar surface area (TPSA) is 52.7 Å². The molecule has 0 bridgehead atoms. The van der Waals surface area contributed by atoms with E-state index in [0.29, 0.717) is 5.11 Å². The quantitative estimate of drug-likeness (QED) is 0.646. The number of nitrogens with one attached hydrogen (secondary N) is 3. The number of fused-ring (bicyclic) bond motifs is 1. The minimum Gasteiger partial charge on any atom is -0.353 e. The highest BCUT2D eigenvalue weighted by Crippen LogP contribution is 2.15. The highest BCUT2D eigenvalue weighted by molar-refractivity contribution is 7.80. The maximum atomic E-state index is 5.33. The van der Waals surface area contributed by atoms with E-state index in [9.17, 15) is 0 Å². The number of thiocarbonyl (C=S) groups is 1. The molecule has 0 aliphatic rings. The third-order valence-corrected chi connectivity index (χ3v) is 3.42. The maximum absolute atomic E-state index is 5.33. The van der Waals surface area contributed by atoms with Gasteiger partial charge in [-0.25, -0.2) is 4.98 Å². The lowest BCUT2D eigenvalue weighted by Crippen LogP contribution is -2.31. The summed E-state index contributed by atoms with van der Waals surface area (Å²) in [6, 6.07) is 17.8. The molecule has 0 saturated heterocycles. The second-order valence-corrected chi connectivity index (χ2v) is 5.23. The number of para-hydroxylation sites is 3. The summed E-state index contributed by atoms with van der Waals surface area (Å²) in [5.74, 6) is 0.869. The van der Waals surface area contributed by atoms with Gasteiger partial charge in [0.05, 0.1) is 17.1 Å². The number of hydrogen-bond acceptors (Lipinski definition) is 2. The van der Waals surface area contributed by atoms with Gasteiger partial charge in [0.2, 0.25) is 0 Å². The van der Waals surface area contributed by atoms with E-state index in [2.05, 4.69) is 20.6 Å². The van der Waals surface area contributed by atoms with Gasteiger partial charge in [-0.3, -0.25) is 0 Å². The standard InChI is InChI=1S/C16H16N4S/c1-11(15-19-13-9-5-6-10-14(13)20-15)17-16(21)18-12-7-3-2-4-8-12/h2-11H,1H3,(H,19,20)(H2,17,18,21). The Balaban J connectivity index is 1.68. The van der Waals surface area contributed by atoms with Crippen molar-refractivity contribution in [1.29, 1.82) is 0 Å². The van der Waals surface area contributed by atoms with Crippen molar-refractivity contribution in [3.8, 4) is 0 Å². The smallest absolute Gasteiger partial charge is 0.171 e. The van der Waals surface area contributed by atoms with Crippen molar-refractivity contribution in [3.05, 3.63) is 60.4 Å². The summed E-state index contributed by atoms with van der Waals surface area (Å²) in [7, 11) is 0. The zero-order chi connectivity index (χ0) is 14.7. The molecule has 3 rings (SSSR count). The highest BCUT2D eigenvalue weighted by Gasteiger charge is 2.11. The monoisotopic (exact) mass is 296 g/mol. The van der Waals surface area contributed by atoms with E-state index in [0.717, 1.165) is 22.5 Å². The molecule has 1 atom stereocenters. The van der Waals surface area contributed by atoms with Gasteiger partial charge in [-0.2, -0.15) is 0 Å². The Bertz CT molecular complexity index is 718. The number of nitrogens with zero attached hydrogens (tertiary/aromatic N) is 1. The first-order valence-corrected chi connectivity index (χ1v) is 7.20. The van der Waals surface area contributed by atoms with Crippen LogP contribution in [0.4, 0.5) is 5.69 Å². The van der Waals surface area contributed by atoms with Crippen LogP contribution in [0, 0.1) is 0 Å². The van der Waals surface area contributed by atoms with E-state index in [1.54, 1.807) is 0 Å². The molecule has 0 amide bonds. The first-order chi connectivity index (χ1) is 10.2. The lowest BCUT2D eigenvalue weighted by Gasteiger charge is -2.15. The van der Waals surface area contributed by atoms with Gasteiger partial charge < -0.3 is 15.6 Å². The third-order valence-electron chi connectivity index (χ3n) is 3.20. The van der Waals surface area contributed by atoms with Crippen LogP contribution in [-0.2, 0) is 0 Å². The van der Waals surface area contributed by atoms with Gasteiger partial charge in [-0.05, 0) is 43.4 Å². The number of H-pyrrole nitrogens is 1. The molecule has 0 fully saturated rings. The molecule has 5 heteroatoms. The summed E-state index contributed by atoms with van der Waals surface area (Å²) in [5.41, 5.74) is 2.96. The number of aromatic amines is 1. The summed E-state index contributed by atoms with van der Waals surface area (Å²) < 4.78 is 0. The van der Waals surface area contributed by atoms with E-state index in [1.807, 2.05) is 61.5 Å². The normalized spacial score (nSPS) is 12.0. The fraction of sp³-hybridized carbons (Fsp3) is 0.125. The Morgan fingerprint density at radius 2 is 1.81 bits per heavy atom. The molecule has 21 heavy (non-hydrogen) atoms. The predicted molar refractivity (Wildman–Crippen MR) is 90.3 cm³/mol. The zero-order valence-corrected chi connectivity index (χ0v) is 12.4. The van der Waals surface area contributed by atoms with Crippen LogP contribution in [0.2, 0.25) is 0 Å². The van der Waals surface area contributed by atoms with Crippen molar-refractivity contribution >= 4 is 34.1 Å². The van der Waals surface area contributed by atoms with E-state index in [1.165, 1.54) is 0 Å². The van der Waals surface area contributed by atoms with Gasteiger partial charge in [-0.1, -0.05) is 30.3 Å². The van der Waals surface area contributed by atoms with E-state index in [-0.39, 0.29) is 6.04 Å². The second-order valence-electron chi connectivity index (χ2n) is 4.83. The number of benzene rings is 2. The van der Waals surface area contributed by atoms with Crippen LogP contribution in [0.1, 0.15) is 18.8 Å². The Kier molecular flexibility index (Phi) is 3.83. The summed E-state index contributed by atoms with van der Waals surface area (Å²) >= 11 is 5.33. The first-order valence-electron chi connectivity index (χ1n) is 6.79. The molecular formula is C16H16N4S. The molecule has 1 aromatic heterocycles. The van der Waals surface area contributed by atoms with E-state index >= 15 is 0 Å². The van der Waals surface area contributed by atoms with Crippen molar-refractivity contribution in [2.75, 3.05) is 5.32 Å². The van der Waals surface area contributed by atoms with Crippen LogP contribution in [0.3, 0.4) is 0 Å². The maximum Gasteiger partial charge on any atom is 0.171 e. The van der Waals surface area contributed by atoms with Gasteiger partial charge in [0.25, 0.3) is 0 Å². The number of aromatic nitrogens is 2. The van der Waals surface area contributed by atoms with Crippen LogP contribution in [0.15, 0.2) is 54.6 Å². The molecule has 2 aromatic carbocycles. The molecule has 106 valence electrons. The largest absolute Gasteiger partial charge is 0.353 e. The molecule has 0 saturated carbocycles. The van der Waals surface area contributed by atoms with Gasteiger partial charge in [0.15, 0.2) is 5.11 Å². The summed E-state index contributed by atoms with van der Waals surface area (Å²) in [5, 5.41) is 6.97. The fourth-order valence-electron chi connectivity index (χ4n) is 2.13. The van der Waals surface area contributed by atoms with Crippen LogP contribution in [0.5, 0.6) is 0 Å². The Labute approximate surface area is 128 Å². The predicted octanol–water partition coefficient (Wildman–Crippen LogP) is 3.61. The minimum atomic E-state index is 0.00103. The molecule has 3 N–H and O–H groups in total. The van der Waals surface area contributed by atoms with Crippen molar-refractivity contribution in [2.24, 2.45) is 0 Å². The van der Waals surface area contributed by atoms with Crippen molar-refractivity contribution < 1.29 is 0 Å². The lowest BCUT2D eigenvalue weighted by atomic mass is 10.3. The molecule has 0 aliphatic carbocycles. The number of rotatable bonds is 3. The highest BCUT2D eigenvalue weighted by atomic mass is 32.1. The van der Waals surface area contributed by atoms with Crippen LogP contribution < -0.4 is 10.6 Å². The molecule has 3 aromatic rings. The summed E-state index contributed by atoms with van der Waals surface area (Å²) in [4.78, 5) is 7.87. The van der Waals surface area contributed by atoms with E-state index in [4.69, 9.17) is 12.2 Å². The van der Waals surface area contributed by atoms with Gasteiger partial charge in [0, 0.05) is 5.69 Å². The second kappa shape index (κ2) is 5.93.